The van der Waals surface area contributed by atoms with Gasteiger partial charge in [-0.2, -0.15) is 0 Å². The molecule has 5 heteroatoms. The third-order valence-corrected chi connectivity index (χ3v) is 5.77. The molecule has 0 spiro atoms. The number of benzene rings is 1. The Bertz CT molecular complexity index is 475. The highest BCUT2D eigenvalue weighted by atomic mass is 127. The van der Waals surface area contributed by atoms with Crippen molar-refractivity contribution in [1.29, 1.82) is 0 Å². The van der Waals surface area contributed by atoms with Gasteiger partial charge in [-0.3, -0.25) is 4.90 Å². The average Bonchev–Trinajstić information content (AvgIpc) is 2.44. The Morgan fingerprint density at radius 2 is 2.10 bits per heavy atom. The first kappa shape index (κ1) is 16.8. The Labute approximate surface area is 148 Å². The lowest BCUT2D eigenvalue weighted by molar-refractivity contribution is 0.0255. The van der Waals surface area contributed by atoms with Crippen molar-refractivity contribution in [2.45, 2.75) is 32.7 Å². The molecule has 0 radical (unpaired) electrons. The summed E-state index contributed by atoms with van der Waals surface area (Å²) < 4.78 is 2.06. The maximum atomic E-state index is 10.2. The van der Waals surface area contributed by atoms with Gasteiger partial charge in [0.05, 0.1) is 3.57 Å². The lowest BCUT2D eigenvalue weighted by Crippen LogP contribution is -2.44. The van der Waals surface area contributed by atoms with Crippen molar-refractivity contribution in [3.63, 3.8) is 0 Å². The fourth-order valence-electron chi connectivity index (χ4n) is 2.96. The second-order valence-electron chi connectivity index (χ2n) is 5.72. The van der Waals surface area contributed by atoms with Crippen molar-refractivity contribution in [3.05, 3.63) is 24.8 Å². The topological polar surface area (TPSA) is 43.7 Å². The van der Waals surface area contributed by atoms with Gasteiger partial charge in [0.2, 0.25) is 0 Å². The van der Waals surface area contributed by atoms with Gasteiger partial charge in [0.1, 0.15) is 5.75 Å². The van der Waals surface area contributed by atoms with E-state index < -0.39 is 0 Å². The number of aliphatic hydroxyl groups is 1. The molecule has 2 rings (SSSR count). The number of piperidine rings is 1. The number of hydrogen-bond donors (Lipinski definition) is 2. The molecular weight excluding hydrogens is 480 g/mol. The van der Waals surface area contributed by atoms with E-state index in [4.69, 9.17) is 0 Å². The van der Waals surface area contributed by atoms with Crippen molar-refractivity contribution in [2.24, 2.45) is 5.41 Å². The monoisotopic (exact) mass is 501 g/mol. The minimum atomic E-state index is 0.0446. The van der Waals surface area contributed by atoms with Crippen molar-refractivity contribution in [3.8, 4) is 5.75 Å². The van der Waals surface area contributed by atoms with Crippen LogP contribution >= 0.6 is 45.2 Å². The Morgan fingerprint density at radius 1 is 1.35 bits per heavy atom. The van der Waals surface area contributed by atoms with E-state index in [0.29, 0.717) is 5.75 Å². The Balaban J connectivity index is 2.14. The fraction of sp³-hybridized carbons (Fsp3) is 0.600. The van der Waals surface area contributed by atoms with Crippen molar-refractivity contribution >= 4 is 45.2 Å². The van der Waals surface area contributed by atoms with Gasteiger partial charge < -0.3 is 10.2 Å². The Morgan fingerprint density at radius 3 is 2.75 bits per heavy atom. The molecule has 2 N–H and O–H groups in total. The molecule has 0 saturated carbocycles. The lowest BCUT2D eigenvalue weighted by atomic mass is 9.78. The van der Waals surface area contributed by atoms with Crippen molar-refractivity contribution < 1.29 is 10.2 Å². The van der Waals surface area contributed by atoms with Crippen LogP contribution in [0.4, 0.5) is 0 Å². The molecule has 112 valence electrons. The number of phenolic OH excluding ortho intramolecular Hbond substituents is 1. The van der Waals surface area contributed by atoms with Crippen LogP contribution in [0, 0.1) is 12.6 Å². The summed E-state index contributed by atoms with van der Waals surface area (Å²) in [5.74, 6) is 0.405. The quantitative estimate of drug-likeness (QED) is 0.621. The zero-order valence-corrected chi connectivity index (χ0v) is 16.0. The van der Waals surface area contributed by atoms with E-state index in [-0.39, 0.29) is 12.0 Å². The summed E-state index contributed by atoms with van der Waals surface area (Å²) in [6.07, 6.45) is 3.23. The molecule has 1 aliphatic heterocycles. The van der Waals surface area contributed by atoms with Crippen LogP contribution in [-0.4, -0.2) is 34.8 Å². The van der Waals surface area contributed by atoms with Crippen LogP contribution in [0.2, 0.25) is 0 Å². The molecule has 0 bridgehead atoms. The van der Waals surface area contributed by atoms with E-state index in [1.807, 2.05) is 6.07 Å². The molecule has 1 aromatic carbocycles. The normalized spacial score (nSPS) is 24.0. The van der Waals surface area contributed by atoms with Gasteiger partial charge in [0, 0.05) is 34.2 Å². The fourth-order valence-corrected chi connectivity index (χ4v) is 4.92. The van der Waals surface area contributed by atoms with Crippen molar-refractivity contribution in [2.75, 3.05) is 19.7 Å². The van der Waals surface area contributed by atoms with Crippen LogP contribution in [0.3, 0.4) is 0 Å². The van der Waals surface area contributed by atoms with Gasteiger partial charge in [-0.25, -0.2) is 0 Å². The van der Waals surface area contributed by atoms with Gasteiger partial charge in [0.25, 0.3) is 0 Å². The first-order valence-electron chi connectivity index (χ1n) is 7.00. The number of halogens is 2. The lowest BCUT2D eigenvalue weighted by Gasteiger charge is -2.41. The van der Waals surface area contributed by atoms with Gasteiger partial charge in [0.15, 0.2) is 0 Å². The molecule has 1 atom stereocenters. The van der Waals surface area contributed by atoms with Gasteiger partial charge in [-0.15, -0.1) is 0 Å². The molecule has 3 nitrogen and oxygen atoms in total. The first-order valence-corrected chi connectivity index (χ1v) is 9.15. The number of likely N-dealkylation sites (tertiary alicyclic amines) is 1. The molecular formula is C15H21I2NO2. The summed E-state index contributed by atoms with van der Waals surface area (Å²) in [6, 6.07) is 4.04. The average molecular weight is 501 g/mol. The number of aromatic hydroxyl groups is 1. The highest BCUT2D eigenvalue weighted by molar-refractivity contribution is 14.1. The van der Waals surface area contributed by atoms with Crippen LogP contribution < -0.4 is 0 Å². The van der Waals surface area contributed by atoms with E-state index in [1.54, 1.807) is 0 Å². The van der Waals surface area contributed by atoms with Crippen molar-refractivity contribution in [1.82, 2.24) is 4.90 Å². The van der Waals surface area contributed by atoms with Gasteiger partial charge >= 0.3 is 0 Å². The Hall–Kier alpha value is 0.400. The zero-order chi connectivity index (χ0) is 14.8. The molecule has 1 unspecified atom stereocenters. The highest BCUT2D eigenvalue weighted by Crippen LogP contribution is 2.35. The molecule has 20 heavy (non-hydrogen) atoms. The minimum Gasteiger partial charge on any atom is -0.507 e. The van der Waals surface area contributed by atoms with E-state index in [2.05, 4.69) is 63.1 Å². The molecule has 0 aliphatic carbocycles. The van der Waals surface area contributed by atoms with E-state index in [9.17, 15) is 10.2 Å². The number of rotatable bonds is 4. The maximum Gasteiger partial charge on any atom is 0.133 e. The molecule has 1 saturated heterocycles. The molecule has 0 amide bonds. The van der Waals surface area contributed by atoms with Crippen LogP contribution in [0.15, 0.2) is 12.1 Å². The highest BCUT2D eigenvalue weighted by Gasteiger charge is 2.33. The van der Waals surface area contributed by atoms with Crippen LogP contribution in [0.5, 0.6) is 5.75 Å². The third-order valence-electron chi connectivity index (χ3n) is 4.33. The van der Waals surface area contributed by atoms with E-state index >= 15 is 0 Å². The summed E-state index contributed by atoms with van der Waals surface area (Å²) in [4.78, 5) is 2.37. The molecule has 0 aromatic heterocycles. The predicted octanol–water partition coefficient (Wildman–Crippen LogP) is 3.59. The number of hydrogen-bond acceptors (Lipinski definition) is 3. The van der Waals surface area contributed by atoms with E-state index in [1.165, 1.54) is 0 Å². The van der Waals surface area contributed by atoms with Gasteiger partial charge in [-0.05, 0) is 83.1 Å². The number of aliphatic hydroxyl groups excluding tert-OH is 1. The maximum absolute atomic E-state index is 10.2. The smallest absolute Gasteiger partial charge is 0.133 e. The third kappa shape index (κ3) is 3.78. The molecule has 1 aliphatic rings. The van der Waals surface area contributed by atoms with Crippen LogP contribution in [0.25, 0.3) is 0 Å². The summed E-state index contributed by atoms with van der Waals surface area (Å²) in [5, 5.41) is 19.9. The number of nitrogens with zero attached hydrogens (tertiary/aromatic N) is 1. The minimum absolute atomic E-state index is 0.0446. The first-order chi connectivity index (χ1) is 9.49. The zero-order valence-electron chi connectivity index (χ0n) is 11.7. The molecule has 1 heterocycles. The second-order valence-corrected chi connectivity index (χ2v) is 8.13. The number of phenols is 1. The predicted molar refractivity (Wildman–Crippen MR) is 97.9 cm³/mol. The SMILES string of the molecule is CCC1(CO)CCCN(Cc2cc(I)cc(I)c2O)C1. The largest absolute Gasteiger partial charge is 0.507 e. The molecule has 1 fully saturated rings. The standard InChI is InChI=1S/C15H21I2NO2/c1-2-15(10-19)4-3-5-18(9-15)8-11-6-12(16)7-13(17)14(11)20/h6-7,19-20H,2-5,8-10H2,1H3. The van der Waals surface area contributed by atoms with Crippen LogP contribution in [0.1, 0.15) is 31.7 Å². The van der Waals surface area contributed by atoms with Gasteiger partial charge in [-0.1, -0.05) is 6.92 Å². The summed E-state index contributed by atoms with van der Waals surface area (Å²) in [5.41, 5.74) is 1.04. The summed E-state index contributed by atoms with van der Waals surface area (Å²) >= 11 is 4.47. The van der Waals surface area contributed by atoms with Crippen LogP contribution in [-0.2, 0) is 6.54 Å². The van der Waals surface area contributed by atoms with E-state index in [0.717, 1.165) is 51.6 Å². The Kier molecular flexibility index (Phi) is 5.96. The second kappa shape index (κ2) is 7.11. The summed E-state index contributed by atoms with van der Waals surface area (Å²) in [7, 11) is 0. The summed E-state index contributed by atoms with van der Waals surface area (Å²) in [6.45, 7) is 5.15. The molecule has 1 aromatic rings.